The Balaban J connectivity index is 1.45. The van der Waals surface area contributed by atoms with Crippen LogP contribution in [0.25, 0.3) is 5.70 Å². The van der Waals surface area contributed by atoms with Gasteiger partial charge in [-0.2, -0.15) is 4.99 Å². The summed E-state index contributed by atoms with van der Waals surface area (Å²) in [6.45, 7) is 4.28. The van der Waals surface area contributed by atoms with E-state index in [1.807, 2.05) is 42.9 Å². The molecule has 0 bridgehead atoms. The summed E-state index contributed by atoms with van der Waals surface area (Å²) in [7, 11) is 2.16. The standard InChI is InChI=1S/C23H28N9/c1-30-10-12-31(13-11-30)32-14-9-25-17-22(32)27-16-21(32)19-7-8-26-23(28-19)29-20(15-24)18-5-3-2-4-6-18/h2-9,14,16-17,20H,10-13,15,24H2,1H3,(H,26,28,29)/q+1. The molecule has 0 saturated carbocycles. The van der Waals surface area contributed by atoms with Crippen molar-refractivity contribution in [3.63, 3.8) is 0 Å². The second-order valence-corrected chi connectivity index (χ2v) is 8.13. The number of aliphatic imine (C=N–C) groups is 2. The summed E-state index contributed by atoms with van der Waals surface area (Å²) in [5.41, 5.74) is 8.96. The number of nitrogens with two attached hydrogens (primary N) is 1. The molecule has 1 saturated heterocycles. The number of fused-ring (bicyclic) bond motifs is 1. The largest absolute Gasteiger partial charge is 0.346 e. The quantitative estimate of drug-likeness (QED) is 0.679. The Morgan fingerprint density at radius 3 is 2.72 bits per heavy atom. The number of hydrogen-bond acceptors (Lipinski definition) is 8. The molecule has 32 heavy (non-hydrogen) atoms. The van der Waals surface area contributed by atoms with E-state index in [4.69, 9.17) is 15.7 Å². The van der Waals surface area contributed by atoms with E-state index in [0.29, 0.717) is 17.1 Å². The molecule has 2 atom stereocenters. The monoisotopic (exact) mass is 430 g/mol. The average molecular weight is 431 g/mol. The van der Waals surface area contributed by atoms with Crippen LogP contribution < -0.4 is 11.1 Å². The molecule has 1 aromatic carbocycles. The van der Waals surface area contributed by atoms with Crippen molar-refractivity contribution in [2.75, 3.05) is 45.1 Å². The molecule has 1 aromatic heterocycles. The fraction of sp³-hybridized carbons (Fsp3) is 0.304. The minimum atomic E-state index is -0.0707. The summed E-state index contributed by atoms with van der Waals surface area (Å²) >= 11 is 0. The van der Waals surface area contributed by atoms with Gasteiger partial charge in [-0.3, -0.25) is 4.99 Å². The maximum atomic E-state index is 6.04. The molecule has 5 rings (SSSR count). The van der Waals surface area contributed by atoms with E-state index < -0.39 is 0 Å². The molecule has 2 aromatic rings. The van der Waals surface area contributed by atoms with E-state index in [1.54, 1.807) is 6.20 Å². The van der Waals surface area contributed by atoms with Crippen molar-refractivity contribution in [3.05, 3.63) is 72.5 Å². The highest BCUT2D eigenvalue weighted by Gasteiger charge is 2.49. The van der Waals surface area contributed by atoms with Gasteiger partial charge >= 0.3 is 0 Å². The van der Waals surface area contributed by atoms with Crippen LogP contribution in [0.15, 0.2) is 71.2 Å². The lowest BCUT2D eigenvalue weighted by atomic mass is 10.1. The minimum Gasteiger partial charge on any atom is -0.346 e. The maximum absolute atomic E-state index is 6.04. The fourth-order valence-corrected chi connectivity index (χ4v) is 4.38. The Kier molecular flexibility index (Phi) is 5.62. The second kappa shape index (κ2) is 8.71. The van der Waals surface area contributed by atoms with Crippen molar-refractivity contribution < 1.29 is 4.59 Å². The SMILES string of the molecule is CN1CCN([N+]23C=CN=CC2=NC=C3c2ccnc(NC(CN)c3ccccc3)n2)CC1. The van der Waals surface area contributed by atoms with Gasteiger partial charge in [0.15, 0.2) is 0 Å². The number of quaternary nitrogens is 1. The van der Waals surface area contributed by atoms with Crippen molar-refractivity contribution >= 4 is 23.7 Å². The van der Waals surface area contributed by atoms with Crippen LogP contribution in [0.1, 0.15) is 17.3 Å². The van der Waals surface area contributed by atoms with Gasteiger partial charge < -0.3 is 16.0 Å². The zero-order valence-electron chi connectivity index (χ0n) is 18.2. The predicted octanol–water partition coefficient (Wildman–Crippen LogP) is 1.83. The van der Waals surface area contributed by atoms with Crippen LogP contribution in [0, 0.1) is 0 Å². The third-order valence-corrected chi connectivity index (χ3v) is 6.18. The molecule has 1 fully saturated rings. The van der Waals surface area contributed by atoms with Crippen LogP contribution in [0.3, 0.4) is 0 Å². The number of rotatable bonds is 6. The first-order chi connectivity index (χ1) is 15.7. The maximum Gasteiger partial charge on any atom is 0.276 e. The summed E-state index contributed by atoms with van der Waals surface area (Å²) in [4.78, 5) is 20.7. The van der Waals surface area contributed by atoms with Gasteiger partial charge in [-0.1, -0.05) is 30.3 Å². The number of amidine groups is 1. The molecule has 164 valence electrons. The fourth-order valence-electron chi connectivity index (χ4n) is 4.38. The lowest BCUT2D eigenvalue weighted by molar-refractivity contribution is -0.846. The number of hydrogen-bond donors (Lipinski definition) is 2. The van der Waals surface area contributed by atoms with E-state index in [0.717, 1.165) is 49.0 Å². The summed E-state index contributed by atoms with van der Waals surface area (Å²) in [6.07, 6.45) is 9.45. The Morgan fingerprint density at radius 1 is 1.12 bits per heavy atom. The van der Waals surface area contributed by atoms with E-state index in [2.05, 4.69) is 50.6 Å². The van der Waals surface area contributed by atoms with Gasteiger partial charge in [0.05, 0.1) is 31.5 Å². The van der Waals surface area contributed by atoms with E-state index in [1.165, 1.54) is 0 Å². The van der Waals surface area contributed by atoms with Crippen molar-refractivity contribution in [1.29, 1.82) is 0 Å². The summed E-state index contributed by atoms with van der Waals surface area (Å²) in [5.74, 6) is 1.42. The summed E-state index contributed by atoms with van der Waals surface area (Å²) < 4.78 is 0.410. The van der Waals surface area contributed by atoms with Gasteiger partial charge in [0.1, 0.15) is 18.1 Å². The minimum absolute atomic E-state index is 0.0707. The van der Waals surface area contributed by atoms with Crippen LogP contribution in [-0.2, 0) is 0 Å². The number of anilines is 1. The highest BCUT2D eigenvalue weighted by molar-refractivity contribution is 6.28. The highest BCUT2D eigenvalue weighted by atomic mass is 15.8. The number of nitrogens with zero attached hydrogens (tertiary/aromatic N) is 7. The molecule has 0 amide bonds. The van der Waals surface area contributed by atoms with Crippen LogP contribution >= 0.6 is 0 Å². The number of benzene rings is 1. The first kappa shape index (κ1) is 20.7. The van der Waals surface area contributed by atoms with Crippen molar-refractivity contribution in [2.45, 2.75) is 6.04 Å². The molecule has 9 nitrogen and oxygen atoms in total. The Labute approximate surface area is 187 Å². The molecule has 0 spiro atoms. The molecule has 2 unspecified atom stereocenters. The number of nitrogens with one attached hydrogen (secondary N) is 1. The summed E-state index contributed by atoms with van der Waals surface area (Å²) in [5, 5.41) is 5.81. The van der Waals surface area contributed by atoms with Crippen LogP contribution in [0.5, 0.6) is 0 Å². The zero-order chi connectivity index (χ0) is 22.0. The lowest BCUT2D eigenvalue weighted by Gasteiger charge is -2.44. The van der Waals surface area contributed by atoms with Crippen LogP contribution in [-0.4, -0.2) is 76.3 Å². The Bertz CT molecular complexity index is 1080. The van der Waals surface area contributed by atoms with E-state index in [-0.39, 0.29) is 6.04 Å². The summed E-state index contributed by atoms with van der Waals surface area (Å²) in [6, 6.07) is 12.0. The molecule has 3 aliphatic rings. The van der Waals surface area contributed by atoms with Gasteiger partial charge in [0, 0.05) is 25.8 Å². The van der Waals surface area contributed by atoms with E-state index >= 15 is 0 Å². The van der Waals surface area contributed by atoms with Crippen molar-refractivity contribution in [3.8, 4) is 0 Å². The average Bonchev–Trinajstić information content (AvgIpc) is 3.24. The molecule has 3 aliphatic heterocycles. The topological polar surface area (TPSA) is 95.0 Å². The van der Waals surface area contributed by atoms with Crippen LogP contribution in [0.2, 0.25) is 0 Å². The van der Waals surface area contributed by atoms with Crippen LogP contribution in [0.4, 0.5) is 5.95 Å². The third-order valence-electron chi connectivity index (χ3n) is 6.18. The van der Waals surface area contributed by atoms with Crippen molar-refractivity contribution in [1.82, 2.24) is 19.9 Å². The van der Waals surface area contributed by atoms with Gasteiger partial charge in [-0.25, -0.2) is 9.97 Å². The first-order valence-corrected chi connectivity index (χ1v) is 10.9. The highest BCUT2D eigenvalue weighted by Crippen LogP contribution is 2.37. The normalized spacial score (nSPS) is 24.1. The zero-order valence-corrected chi connectivity index (χ0v) is 18.2. The molecule has 0 aliphatic carbocycles. The number of likely N-dealkylation sites (N-methyl/N-ethyl adjacent to an activating group) is 1. The third kappa shape index (κ3) is 3.65. The number of piperazine rings is 1. The molecule has 9 heteroatoms. The molecular formula is C23H28N9+. The van der Waals surface area contributed by atoms with Gasteiger partial charge in [0.2, 0.25) is 11.6 Å². The van der Waals surface area contributed by atoms with Gasteiger partial charge in [0.25, 0.3) is 5.84 Å². The Morgan fingerprint density at radius 2 is 1.94 bits per heavy atom. The first-order valence-electron chi connectivity index (χ1n) is 10.9. The molecular weight excluding hydrogens is 402 g/mol. The Hall–Kier alpha value is -3.24. The van der Waals surface area contributed by atoms with Gasteiger partial charge in [-0.15, -0.1) is 9.60 Å². The predicted molar refractivity (Wildman–Crippen MR) is 126 cm³/mol. The smallest absolute Gasteiger partial charge is 0.276 e. The van der Waals surface area contributed by atoms with Gasteiger partial charge in [-0.05, 0) is 18.7 Å². The molecule has 3 N–H and O–H groups in total. The molecule has 4 heterocycles. The lowest BCUT2D eigenvalue weighted by Crippen LogP contribution is -2.63. The molecule has 0 radical (unpaired) electrons. The number of aromatic nitrogens is 2. The van der Waals surface area contributed by atoms with E-state index in [9.17, 15) is 0 Å². The van der Waals surface area contributed by atoms with Crippen molar-refractivity contribution in [2.24, 2.45) is 15.7 Å². The second-order valence-electron chi connectivity index (χ2n) is 8.13.